The van der Waals surface area contributed by atoms with Crippen LogP contribution >= 0.6 is 0 Å². The normalized spacial score (nSPS) is 23.6. The Labute approximate surface area is 237 Å². The summed E-state index contributed by atoms with van der Waals surface area (Å²) in [5, 5.41) is 16.0. The Bertz CT molecular complexity index is 814. The van der Waals surface area contributed by atoms with Crippen molar-refractivity contribution in [2.45, 2.75) is 110 Å². The highest BCUT2D eigenvalue weighted by Crippen LogP contribution is 2.35. The van der Waals surface area contributed by atoms with Crippen LogP contribution in [0.15, 0.2) is 0 Å². The molecule has 2 aliphatic rings. The number of likely N-dealkylation sites (N-methyl/N-ethyl adjacent to an activating group) is 1. The van der Waals surface area contributed by atoms with Gasteiger partial charge >= 0.3 is 0 Å². The monoisotopic (exact) mass is 546 g/mol. The van der Waals surface area contributed by atoms with E-state index in [2.05, 4.69) is 30.5 Å². The van der Waals surface area contributed by atoms with Gasteiger partial charge in [-0.3, -0.25) is 19.8 Å². The molecule has 2 saturated carbocycles. The quantitative estimate of drug-likeness (QED) is 0.228. The van der Waals surface area contributed by atoms with Gasteiger partial charge in [-0.05, 0) is 44.4 Å². The largest absolute Gasteiger partial charge is 0.390 e. The average Bonchev–Trinajstić information content (AvgIpc) is 2.92. The lowest BCUT2D eigenvalue weighted by Crippen LogP contribution is -2.53. The van der Waals surface area contributed by atoms with Gasteiger partial charge in [0.1, 0.15) is 0 Å². The summed E-state index contributed by atoms with van der Waals surface area (Å²) in [6.45, 7) is 9.43. The van der Waals surface area contributed by atoms with E-state index in [0.717, 1.165) is 38.8 Å². The molecule has 2 fully saturated rings. The summed E-state index contributed by atoms with van der Waals surface area (Å²) < 4.78 is 0. The molecular weight excluding hydrogens is 492 g/mol. The molecule has 0 bridgehead atoms. The molecule has 0 aliphatic heterocycles. The van der Waals surface area contributed by atoms with E-state index in [-0.39, 0.29) is 47.9 Å². The fourth-order valence-electron chi connectivity index (χ4n) is 6.17. The van der Waals surface area contributed by atoms with Crippen LogP contribution in [0.1, 0.15) is 98.3 Å². The van der Waals surface area contributed by atoms with E-state index in [1.807, 2.05) is 18.7 Å². The van der Waals surface area contributed by atoms with Crippen molar-refractivity contribution < 1.29 is 19.5 Å². The Hall–Kier alpha value is -2.11. The first-order chi connectivity index (χ1) is 18.6. The van der Waals surface area contributed by atoms with Gasteiger partial charge < -0.3 is 15.3 Å². The number of hydrogen-bond donors (Lipinski definition) is 3. The maximum atomic E-state index is 13.7. The second kappa shape index (κ2) is 16.9. The summed E-state index contributed by atoms with van der Waals surface area (Å²) in [7, 11) is 1.73. The summed E-state index contributed by atoms with van der Waals surface area (Å²) >= 11 is 0. The number of nitrogens with zero attached hydrogens (tertiary/aromatic N) is 2. The molecule has 0 radical (unpaired) electrons. The second-order valence-corrected chi connectivity index (χ2v) is 12.2. The molecule has 2 rings (SSSR count). The molecule has 39 heavy (non-hydrogen) atoms. The van der Waals surface area contributed by atoms with Crippen molar-refractivity contribution in [1.29, 1.82) is 0 Å². The fourth-order valence-corrected chi connectivity index (χ4v) is 6.17. The molecule has 8 nitrogen and oxygen atoms in total. The molecule has 3 amide bonds. The molecule has 5 unspecified atom stereocenters. The SMILES string of the molecule is C#CC1CC(C(=O)NC(CC2CCCCC2)C(O)CN(C)NC(=O)C(C)C)CC(C(=O)N(CCC)CCC)C1. The highest BCUT2D eigenvalue weighted by Gasteiger charge is 2.38. The number of hydrogen-bond acceptors (Lipinski definition) is 5. The van der Waals surface area contributed by atoms with Crippen LogP contribution in [0.4, 0.5) is 0 Å². The minimum absolute atomic E-state index is 0.109. The van der Waals surface area contributed by atoms with Crippen LogP contribution in [0.2, 0.25) is 0 Å². The van der Waals surface area contributed by atoms with Gasteiger partial charge in [-0.1, -0.05) is 59.8 Å². The number of hydrazine groups is 1. The molecule has 0 spiro atoms. The third kappa shape index (κ3) is 10.8. The minimum Gasteiger partial charge on any atom is -0.390 e. The molecule has 222 valence electrons. The van der Waals surface area contributed by atoms with Gasteiger partial charge in [-0.25, -0.2) is 5.01 Å². The van der Waals surface area contributed by atoms with Crippen LogP contribution in [0.25, 0.3) is 0 Å². The molecule has 3 N–H and O–H groups in total. The van der Waals surface area contributed by atoms with Gasteiger partial charge in [0.05, 0.1) is 12.1 Å². The van der Waals surface area contributed by atoms with Crippen molar-refractivity contribution in [3.05, 3.63) is 0 Å². The van der Waals surface area contributed by atoms with Crippen molar-refractivity contribution >= 4 is 17.7 Å². The van der Waals surface area contributed by atoms with Gasteiger partial charge in [-0.2, -0.15) is 0 Å². The van der Waals surface area contributed by atoms with Gasteiger partial charge in [0, 0.05) is 50.4 Å². The van der Waals surface area contributed by atoms with E-state index in [1.54, 1.807) is 12.1 Å². The Kier molecular flexibility index (Phi) is 14.3. The number of amides is 3. The topological polar surface area (TPSA) is 102 Å². The van der Waals surface area contributed by atoms with E-state index in [0.29, 0.717) is 31.6 Å². The summed E-state index contributed by atoms with van der Waals surface area (Å²) in [6.07, 6.45) is 14.9. The van der Waals surface area contributed by atoms with Crippen molar-refractivity contribution in [2.75, 3.05) is 26.7 Å². The zero-order chi connectivity index (χ0) is 28.9. The zero-order valence-corrected chi connectivity index (χ0v) is 25.1. The van der Waals surface area contributed by atoms with Crippen LogP contribution in [-0.4, -0.2) is 71.6 Å². The van der Waals surface area contributed by atoms with Gasteiger partial charge in [0.2, 0.25) is 17.7 Å². The smallest absolute Gasteiger partial charge is 0.236 e. The number of carbonyl (C=O) groups excluding carboxylic acids is 3. The average molecular weight is 547 g/mol. The van der Waals surface area contributed by atoms with Crippen LogP contribution < -0.4 is 10.7 Å². The molecule has 0 saturated heterocycles. The summed E-state index contributed by atoms with van der Waals surface area (Å²) in [6, 6.07) is -0.434. The molecule has 0 aromatic rings. The number of terminal acetylenes is 1. The van der Waals surface area contributed by atoms with E-state index in [1.165, 1.54) is 19.3 Å². The summed E-state index contributed by atoms with van der Waals surface area (Å²) in [4.78, 5) is 41.1. The number of carbonyl (C=O) groups is 3. The minimum atomic E-state index is -0.845. The fraction of sp³-hybridized carbons (Fsp3) is 0.839. The molecule has 0 heterocycles. The summed E-state index contributed by atoms with van der Waals surface area (Å²) in [5.74, 6) is 2.24. The lowest BCUT2D eigenvalue weighted by Gasteiger charge is -2.36. The maximum Gasteiger partial charge on any atom is 0.236 e. The Morgan fingerprint density at radius 1 is 1.00 bits per heavy atom. The second-order valence-electron chi connectivity index (χ2n) is 12.2. The lowest BCUT2D eigenvalue weighted by molar-refractivity contribution is -0.139. The van der Waals surface area contributed by atoms with Gasteiger partial charge in [0.15, 0.2) is 0 Å². The number of aliphatic hydroxyl groups excluding tert-OH is 1. The standard InChI is InChI=1S/C31H54N4O4/c1-7-15-35(16-8-2)31(39)26-18-23(9-3)17-25(20-26)30(38)32-27(19-24-13-11-10-12-14-24)28(36)21-34(6)33-29(37)22(4)5/h3,22-28,36H,7-8,10-21H2,1-2,4-6H3,(H,32,38)(H,33,37). The Balaban J connectivity index is 2.13. The molecule has 8 heteroatoms. The number of nitrogens with one attached hydrogen (secondary N) is 2. The van der Waals surface area contributed by atoms with Crippen molar-refractivity contribution in [2.24, 2.45) is 29.6 Å². The van der Waals surface area contributed by atoms with Crippen LogP contribution in [-0.2, 0) is 14.4 Å². The van der Waals surface area contributed by atoms with E-state index in [9.17, 15) is 19.5 Å². The van der Waals surface area contributed by atoms with Crippen molar-refractivity contribution in [1.82, 2.24) is 20.7 Å². The van der Waals surface area contributed by atoms with Gasteiger partial charge in [0.25, 0.3) is 0 Å². The Morgan fingerprint density at radius 3 is 2.18 bits per heavy atom. The molecule has 0 aromatic heterocycles. The van der Waals surface area contributed by atoms with Crippen molar-refractivity contribution in [3.8, 4) is 12.3 Å². The first-order valence-corrected chi connectivity index (χ1v) is 15.3. The molecular formula is C31H54N4O4. The van der Waals surface area contributed by atoms with Crippen LogP contribution in [0.5, 0.6) is 0 Å². The van der Waals surface area contributed by atoms with Crippen molar-refractivity contribution in [3.63, 3.8) is 0 Å². The third-order valence-electron chi connectivity index (χ3n) is 8.35. The highest BCUT2D eigenvalue weighted by molar-refractivity contribution is 5.83. The Morgan fingerprint density at radius 2 is 1.62 bits per heavy atom. The lowest BCUT2D eigenvalue weighted by atomic mass is 9.74. The predicted molar refractivity (Wildman–Crippen MR) is 155 cm³/mol. The molecule has 5 atom stereocenters. The van der Waals surface area contributed by atoms with E-state index < -0.39 is 12.1 Å². The number of aliphatic hydroxyl groups is 1. The predicted octanol–water partition coefficient (Wildman–Crippen LogP) is 3.74. The molecule has 2 aliphatic carbocycles. The third-order valence-corrected chi connectivity index (χ3v) is 8.35. The number of rotatable bonds is 14. The first kappa shape index (κ1) is 33.1. The maximum absolute atomic E-state index is 13.7. The van der Waals surface area contributed by atoms with Gasteiger partial charge in [-0.15, -0.1) is 12.3 Å². The summed E-state index contributed by atoms with van der Waals surface area (Å²) in [5.41, 5.74) is 2.81. The van der Waals surface area contributed by atoms with E-state index >= 15 is 0 Å². The van der Waals surface area contributed by atoms with Crippen LogP contribution in [0.3, 0.4) is 0 Å². The van der Waals surface area contributed by atoms with E-state index in [4.69, 9.17) is 6.42 Å². The highest BCUT2D eigenvalue weighted by atomic mass is 16.3. The first-order valence-electron chi connectivity index (χ1n) is 15.3. The van der Waals surface area contributed by atoms with Crippen LogP contribution in [0, 0.1) is 41.9 Å². The zero-order valence-electron chi connectivity index (χ0n) is 25.1. The molecule has 0 aromatic carbocycles.